The largest absolute Gasteiger partial charge is 0.481 e. The van der Waals surface area contributed by atoms with Gasteiger partial charge in [-0.3, -0.25) is 9.59 Å². The Bertz CT molecular complexity index is 314. The van der Waals surface area contributed by atoms with Gasteiger partial charge in [-0.15, -0.1) is 0 Å². The first-order valence-corrected chi connectivity index (χ1v) is 6.51. The number of rotatable bonds is 4. The number of aliphatic hydroxyl groups is 1. The van der Waals surface area contributed by atoms with E-state index in [9.17, 15) is 9.90 Å². The van der Waals surface area contributed by atoms with Crippen LogP contribution in [0, 0.1) is 0 Å². The van der Waals surface area contributed by atoms with Gasteiger partial charge in [-0.25, -0.2) is 0 Å². The molecule has 0 aromatic rings. The fraction of sp³-hybridized carbons (Fsp3) is 0.846. The Labute approximate surface area is 118 Å². The fourth-order valence-corrected chi connectivity index (χ4v) is 1.92. The molecular formula is C13H24O7. The van der Waals surface area contributed by atoms with E-state index in [1.807, 2.05) is 0 Å². The first-order valence-electron chi connectivity index (χ1n) is 6.51. The molecule has 118 valence electrons. The molecule has 0 radical (unpaired) electrons. The number of carboxylic acid groups (broad SMARTS) is 1. The third kappa shape index (κ3) is 7.42. The van der Waals surface area contributed by atoms with E-state index in [2.05, 4.69) is 0 Å². The standard InChI is InChI=1S/C11H20O5.C2H4O2/c1-8(12)15-10-6-4-5-7-11(10,13)16-9(2)14-3;1-2(3)4/h9-10,13H,4-7H2,1-3H3;1H3,(H,3,4). The predicted octanol–water partition coefficient (Wildman–Crippen LogP) is 1.28. The zero-order chi connectivity index (χ0) is 15.8. The molecule has 7 heteroatoms. The van der Waals surface area contributed by atoms with Gasteiger partial charge in [0.15, 0.2) is 12.4 Å². The van der Waals surface area contributed by atoms with Gasteiger partial charge in [-0.05, 0) is 26.2 Å². The van der Waals surface area contributed by atoms with E-state index in [1.54, 1.807) is 6.92 Å². The summed E-state index contributed by atoms with van der Waals surface area (Å²) in [6.07, 6.45) is 1.72. The summed E-state index contributed by atoms with van der Waals surface area (Å²) < 4.78 is 15.4. The van der Waals surface area contributed by atoms with Gasteiger partial charge in [0.1, 0.15) is 0 Å². The lowest BCUT2D eigenvalue weighted by Gasteiger charge is -2.39. The summed E-state index contributed by atoms with van der Waals surface area (Å²) in [6.45, 7) is 4.10. The maximum atomic E-state index is 10.9. The summed E-state index contributed by atoms with van der Waals surface area (Å²) in [6, 6.07) is 0. The minimum atomic E-state index is -1.42. The third-order valence-corrected chi connectivity index (χ3v) is 2.76. The molecule has 0 saturated heterocycles. The molecular weight excluding hydrogens is 268 g/mol. The summed E-state index contributed by atoms with van der Waals surface area (Å²) in [5.74, 6) is -2.65. The van der Waals surface area contributed by atoms with Crippen molar-refractivity contribution in [2.24, 2.45) is 0 Å². The van der Waals surface area contributed by atoms with Gasteiger partial charge in [0.25, 0.3) is 5.97 Å². The van der Waals surface area contributed by atoms with E-state index in [4.69, 9.17) is 24.1 Å². The second-order valence-corrected chi connectivity index (χ2v) is 4.63. The first kappa shape index (κ1) is 18.8. The van der Waals surface area contributed by atoms with Crippen LogP contribution in [-0.2, 0) is 23.8 Å². The zero-order valence-corrected chi connectivity index (χ0v) is 12.4. The molecule has 3 unspecified atom stereocenters. The molecule has 0 spiro atoms. The van der Waals surface area contributed by atoms with Gasteiger partial charge in [-0.2, -0.15) is 0 Å². The van der Waals surface area contributed by atoms with Crippen LogP contribution in [0.3, 0.4) is 0 Å². The molecule has 0 heterocycles. The highest BCUT2D eigenvalue weighted by atomic mass is 16.7. The van der Waals surface area contributed by atoms with Crippen molar-refractivity contribution in [1.82, 2.24) is 0 Å². The lowest BCUT2D eigenvalue weighted by molar-refractivity contribution is -0.325. The van der Waals surface area contributed by atoms with Crippen molar-refractivity contribution in [3.63, 3.8) is 0 Å². The number of aliphatic carboxylic acids is 1. The number of hydrogen-bond acceptors (Lipinski definition) is 6. The monoisotopic (exact) mass is 292 g/mol. The molecule has 1 saturated carbocycles. The molecule has 2 N–H and O–H groups in total. The van der Waals surface area contributed by atoms with E-state index in [1.165, 1.54) is 14.0 Å². The Morgan fingerprint density at radius 1 is 1.30 bits per heavy atom. The van der Waals surface area contributed by atoms with Crippen LogP contribution in [0.25, 0.3) is 0 Å². The van der Waals surface area contributed by atoms with E-state index in [0.29, 0.717) is 12.8 Å². The number of esters is 1. The maximum Gasteiger partial charge on any atom is 0.303 e. The average Bonchev–Trinajstić information content (AvgIpc) is 2.31. The summed E-state index contributed by atoms with van der Waals surface area (Å²) in [5.41, 5.74) is 0. The van der Waals surface area contributed by atoms with Crippen molar-refractivity contribution in [2.75, 3.05) is 7.11 Å². The average molecular weight is 292 g/mol. The van der Waals surface area contributed by atoms with Crippen LogP contribution in [0.15, 0.2) is 0 Å². The minimum Gasteiger partial charge on any atom is -0.481 e. The first-order chi connectivity index (χ1) is 9.21. The van der Waals surface area contributed by atoms with Crippen LogP contribution in [-0.4, -0.2) is 47.4 Å². The van der Waals surface area contributed by atoms with Crippen molar-refractivity contribution in [3.05, 3.63) is 0 Å². The molecule has 0 aromatic heterocycles. The molecule has 1 aliphatic carbocycles. The van der Waals surface area contributed by atoms with Gasteiger partial charge >= 0.3 is 5.97 Å². The van der Waals surface area contributed by atoms with Gasteiger partial charge < -0.3 is 24.4 Å². The van der Waals surface area contributed by atoms with Crippen LogP contribution in [0.4, 0.5) is 0 Å². The predicted molar refractivity (Wildman–Crippen MR) is 69.8 cm³/mol. The SMILES string of the molecule is CC(=O)O.COC(C)OC1(O)CCCCC1OC(C)=O. The molecule has 1 aliphatic rings. The molecule has 3 atom stereocenters. The van der Waals surface area contributed by atoms with Crippen LogP contribution in [0.5, 0.6) is 0 Å². The molecule has 1 rings (SSSR count). The van der Waals surface area contributed by atoms with E-state index in [0.717, 1.165) is 19.8 Å². The number of hydrogen-bond donors (Lipinski definition) is 2. The van der Waals surface area contributed by atoms with Crippen molar-refractivity contribution in [1.29, 1.82) is 0 Å². The lowest BCUT2D eigenvalue weighted by Crippen LogP contribution is -2.51. The quantitative estimate of drug-likeness (QED) is 0.594. The minimum absolute atomic E-state index is 0.404. The number of carbonyl (C=O) groups is 2. The van der Waals surface area contributed by atoms with Crippen LogP contribution in [0.2, 0.25) is 0 Å². The topological polar surface area (TPSA) is 102 Å². The Balaban J connectivity index is 0.000000796. The molecule has 20 heavy (non-hydrogen) atoms. The van der Waals surface area contributed by atoms with Crippen molar-refractivity contribution < 1.29 is 34.0 Å². The second kappa shape index (κ2) is 8.89. The summed E-state index contributed by atoms with van der Waals surface area (Å²) in [4.78, 5) is 19.9. The van der Waals surface area contributed by atoms with E-state index in [-0.39, 0.29) is 0 Å². The van der Waals surface area contributed by atoms with Crippen LogP contribution < -0.4 is 0 Å². The molecule has 0 amide bonds. The molecule has 7 nitrogen and oxygen atoms in total. The number of carbonyl (C=O) groups excluding carboxylic acids is 1. The highest BCUT2D eigenvalue weighted by Crippen LogP contribution is 2.33. The molecule has 0 aliphatic heterocycles. The molecule has 0 bridgehead atoms. The summed E-state index contributed by atoms with van der Waals surface area (Å²) >= 11 is 0. The van der Waals surface area contributed by atoms with Crippen LogP contribution in [0.1, 0.15) is 46.5 Å². The van der Waals surface area contributed by atoms with Crippen LogP contribution >= 0.6 is 0 Å². The van der Waals surface area contributed by atoms with E-state index >= 15 is 0 Å². The number of methoxy groups -OCH3 is 1. The second-order valence-electron chi connectivity index (χ2n) is 4.63. The van der Waals surface area contributed by atoms with Gasteiger partial charge in [-0.1, -0.05) is 0 Å². The van der Waals surface area contributed by atoms with Crippen molar-refractivity contribution in [2.45, 2.75) is 64.6 Å². The maximum absolute atomic E-state index is 10.9. The van der Waals surface area contributed by atoms with Crippen molar-refractivity contribution >= 4 is 11.9 Å². The molecule has 1 fully saturated rings. The lowest BCUT2D eigenvalue weighted by atomic mass is 9.91. The Kier molecular flexibility index (Phi) is 8.36. The van der Waals surface area contributed by atoms with E-state index < -0.39 is 30.1 Å². The van der Waals surface area contributed by atoms with Gasteiger partial charge in [0.05, 0.1) is 0 Å². The van der Waals surface area contributed by atoms with Gasteiger partial charge in [0.2, 0.25) is 5.79 Å². The smallest absolute Gasteiger partial charge is 0.303 e. The Hall–Kier alpha value is -1.18. The highest BCUT2D eigenvalue weighted by molar-refractivity contribution is 5.66. The molecule has 0 aromatic carbocycles. The fourth-order valence-electron chi connectivity index (χ4n) is 1.92. The number of ether oxygens (including phenoxy) is 3. The highest BCUT2D eigenvalue weighted by Gasteiger charge is 2.43. The number of carboxylic acids is 1. The Morgan fingerprint density at radius 3 is 2.30 bits per heavy atom. The van der Waals surface area contributed by atoms with Gasteiger partial charge in [0, 0.05) is 27.4 Å². The summed E-state index contributed by atoms with van der Waals surface area (Å²) in [7, 11) is 1.50. The van der Waals surface area contributed by atoms with Crippen molar-refractivity contribution in [3.8, 4) is 0 Å². The zero-order valence-electron chi connectivity index (χ0n) is 12.4. The summed E-state index contributed by atoms with van der Waals surface area (Å²) in [5, 5.41) is 17.7. The Morgan fingerprint density at radius 2 is 1.85 bits per heavy atom. The normalized spacial score (nSPS) is 26.9. The third-order valence-electron chi connectivity index (χ3n) is 2.76.